The maximum Gasteiger partial charge on any atom is 0.181 e. The third-order valence-corrected chi connectivity index (χ3v) is 2.96. The fourth-order valence-corrected chi connectivity index (χ4v) is 2.20. The Kier molecular flexibility index (Phi) is 1.31. The SMILES string of the molecule is c1ccc2c(c1)[nH]c1cc3ncoc3cc12. The first kappa shape index (κ1) is 7.93. The van der Waals surface area contributed by atoms with Crippen LogP contribution in [0.25, 0.3) is 32.9 Å². The lowest BCUT2D eigenvalue weighted by Gasteiger charge is -1.90. The molecule has 16 heavy (non-hydrogen) atoms. The first-order valence-electron chi connectivity index (χ1n) is 5.15. The van der Waals surface area contributed by atoms with Crippen LogP contribution in [-0.4, -0.2) is 9.97 Å². The van der Waals surface area contributed by atoms with Crippen molar-refractivity contribution in [2.24, 2.45) is 0 Å². The van der Waals surface area contributed by atoms with Crippen LogP contribution in [0.1, 0.15) is 0 Å². The number of aromatic nitrogens is 2. The van der Waals surface area contributed by atoms with E-state index in [-0.39, 0.29) is 0 Å². The third-order valence-electron chi connectivity index (χ3n) is 2.96. The predicted molar refractivity (Wildman–Crippen MR) is 63.4 cm³/mol. The second-order valence-electron chi connectivity index (χ2n) is 3.89. The van der Waals surface area contributed by atoms with Crippen LogP contribution in [0.3, 0.4) is 0 Å². The lowest BCUT2D eigenvalue weighted by atomic mass is 10.1. The Balaban J connectivity index is 2.32. The number of hydrogen-bond acceptors (Lipinski definition) is 2. The molecule has 0 aliphatic rings. The van der Waals surface area contributed by atoms with Crippen LogP contribution < -0.4 is 0 Å². The van der Waals surface area contributed by atoms with E-state index in [2.05, 4.69) is 22.1 Å². The molecule has 0 saturated carbocycles. The Labute approximate surface area is 90.7 Å². The van der Waals surface area contributed by atoms with Crippen LogP contribution in [0, 0.1) is 0 Å². The molecule has 2 heterocycles. The van der Waals surface area contributed by atoms with Gasteiger partial charge in [-0.15, -0.1) is 0 Å². The van der Waals surface area contributed by atoms with E-state index in [1.54, 1.807) is 0 Å². The molecular weight excluding hydrogens is 200 g/mol. The number of nitrogens with zero attached hydrogens (tertiary/aromatic N) is 1. The fourth-order valence-electron chi connectivity index (χ4n) is 2.20. The van der Waals surface area contributed by atoms with Gasteiger partial charge < -0.3 is 9.40 Å². The summed E-state index contributed by atoms with van der Waals surface area (Å²) in [5.74, 6) is 0. The first-order valence-corrected chi connectivity index (χ1v) is 5.15. The van der Waals surface area contributed by atoms with E-state index in [4.69, 9.17) is 4.42 Å². The number of fused-ring (bicyclic) bond motifs is 4. The molecule has 0 radical (unpaired) electrons. The molecular formula is C13H8N2O. The second-order valence-corrected chi connectivity index (χ2v) is 3.89. The predicted octanol–water partition coefficient (Wildman–Crippen LogP) is 3.46. The van der Waals surface area contributed by atoms with E-state index in [0.29, 0.717) is 0 Å². The topological polar surface area (TPSA) is 41.8 Å². The van der Waals surface area contributed by atoms with Crippen LogP contribution in [0.15, 0.2) is 47.2 Å². The second kappa shape index (κ2) is 2.64. The van der Waals surface area contributed by atoms with Crippen molar-refractivity contribution in [3.8, 4) is 0 Å². The Morgan fingerprint density at radius 3 is 2.94 bits per heavy atom. The zero-order valence-electron chi connectivity index (χ0n) is 8.40. The summed E-state index contributed by atoms with van der Waals surface area (Å²) < 4.78 is 5.32. The summed E-state index contributed by atoms with van der Waals surface area (Å²) in [5, 5.41) is 2.40. The zero-order valence-corrected chi connectivity index (χ0v) is 8.40. The average molecular weight is 208 g/mol. The first-order chi connectivity index (χ1) is 7.92. The molecule has 0 atom stereocenters. The molecule has 0 saturated heterocycles. The fraction of sp³-hybridized carbons (Fsp3) is 0. The molecule has 0 unspecified atom stereocenters. The van der Waals surface area contributed by atoms with Crippen LogP contribution in [-0.2, 0) is 0 Å². The van der Waals surface area contributed by atoms with Crippen molar-refractivity contribution in [2.45, 2.75) is 0 Å². The molecule has 0 spiro atoms. The van der Waals surface area contributed by atoms with Crippen molar-refractivity contribution in [1.82, 2.24) is 9.97 Å². The van der Waals surface area contributed by atoms with Crippen molar-refractivity contribution in [3.63, 3.8) is 0 Å². The lowest BCUT2D eigenvalue weighted by molar-refractivity contribution is 0.602. The van der Waals surface area contributed by atoms with Gasteiger partial charge in [0, 0.05) is 21.8 Å². The number of H-pyrrole nitrogens is 1. The molecule has 0 aliphatic carbocycles. The van der Waals surface area contributed by atoms with Crippen LogP contribution in [0.4, 0.5) is 0 Å². The van der Waals surface area contributed by atoms with E-state index < -0.39 is 0 Å². The maximum atomic E-state index is 5.32. The van der Waals surface area contributed by atoms with Crippen molar-refractivity contribution >= 4 is 32.9 Å². The molecule has 0 bridgehead atoms. The van der Waals surface area contributed by atoms with Crippen molar-refractivity contribution in [2.75, 3.05) is 0 Å². The van der Waals surface area contributed by atoms with Gasteiger partial charge in [0.2, 0.25) is 0 Å². The van der Waals surface area contributed by atoms with Gasteiger partial charge >= 0.3 is 0 Å². The van der Waals surface area contributed by atoms with Gasteiger partial charge in [0.1, 0.15) is 5.52 Å². The van der Waals surface area contributed by atoms with E-state index in [1.807, 2.05) is 24.3 Å². The van der Waals surface area contributed by atoms with Crippen molar-refractivity contribution < 1.29 is 4.42 Å². The van der Waals surface area contributed by atoms with Crippen molar-refractivity contribution in [1.29, 1.82) is 0 Å². The number of hydrogen-bond donors (Lipinski definition) is 1. The molecule has 3 nitrogen and oxygen atoms in total. The summed E-state index contributed by atoms with van der Waals surface area (Å²) >= 11 is 0. The summed E-state index contributed by atoms with van der Waals surface area (Å²) in [4.78, 5) is 7.53. The van der Waals surface area contributed by atoms with Gasteiger partial charge in [0.15, 0.2) is 12.0 Å². The van der Waals surface area contributed by atoms with Gasteiger partial charge in [-0.1, -0.05) is 18.2 Å². The highest BCUT2D eigenvalue weighted by Gasteiger charge is 2.06. The Bertz CT molecular complexity index is 810. The number of aromatic amines is 1. The highest BCUT2D eigenvalue weighted by atomic mass is 16.3. The summed E-state index contributed by atoms with van der Waals surface area (Å²) in [5.41, 5.74) is 3.96. The molecule has 4 rings (SSSR count). The molecule has 0 fully saturated rings. The number of benzene rings is 2. The summed E-state index contributed by atoms with van der Waals surface area (Å²) in [6.07, 6.45) is 1.48. The third kappa shape index (κ3) is 0.896. The standard InChI is InChI=1S/C13H8N2O/c1-2-4-10-8(3-1)9-5-13-12(14-7-16-13)6-11(9)15-10/h1-7,15H. The van der Waals surface area contributed by atoms with E-state index in [1.165, 1.54) is 17.2 Å². The number of rotatable bonds is 0. The van der Waals surface area contributed by atoms with Gasteiger partial charge in [0.25, 0.3) is 0 Å². The molecule has 4 aromatic rings. The van der Waals surface area contributed by atoms with Gasteiger partial charge in [0.05, 0.1) is 0 Å². The van der Waals surface area contributed by atoms with Crippen LogP contribution in [0.5, 0.6) is 0 Å². The van der Waals surface area contributed by atoms with E-state index >= 15 is 0 Å². The average Bonchev–Trinajstić information content (AvgIpc) is 2.88. The quantitative estimate of drug-likeness (QED) is 0.480. The van der Waals surface area contributed by atoms with Gasteiger partial charge in [-0.25, -0.2) is 4.98 Å². The highest BCUT2D eigenvalue weighted by Crippen LogP contribution is 2.28. The largest absolute Gasteiger partial charge is 0.443 e. The molecule has 1 N–H and O–H groups in total. The van der Waals surface area contributed by atoms with Gasteiger partial charge in [-0.2, -0.15) is 0 Å². The number of para-hydroxylation sites is 1. The summed E-state index contributed by atoms with van der Waals surface area (Å²) in [6, 6.07) is 12.3. The van der Waals surface area contributed by atoms with Crippen LogP contribution in [0.2, 0.25) is 0 Å². The Morgan fingerprint density at radius 1 is 1.00 bits per heavy atom. The zero-order chi connectivity index (χ0) is 10.5. The van der Waals surface area contributed by atoms with E-state index in [9.17, 15) is 0 Å². The Hall–Kier alpha value is -2.29. The molecule has 0 aliphatic heterocycles. The minimum absolute atomic E-state index is 0.831. The van der Waals surface area contributed by atoms with E-state index in [0.717, 1.165) is 22.1 Å². The number of oxazole rings is 1. The summed E-state index contributed by atoms with van der Waals surface area (Å²) in [7, 11) is 0. The van der Waals surface area contributed by atoms with Crippen molar-refractivity contribution in [3.05, 3.63) is 42.8 Å². The Morgan fingerprint density at radius 2 is 1.94 bits per heavy atom. The number of nitrogens with one attached hydrogen (secondary N) is 1. The monoisotopic (exact) mass is 208 g/mol. The van der Waals surface area contributed by atoms with Crippen LogP contribution >= 0.6 is 0 Å². The highest BCUT2D eigenvalue weighted by molar-refractivity contribution is 6.10. The normalized spacial score (nSPS) is 11.8. The smallest absolute Gasteiger partial charge is 0.181 e. The lowest BCUT2D eigenvalue weighted by Crippen LogP contribution is -1.69. The maximum absolute atomic E-state index is 5.32. The molecule has 0 amide bonds. The minimum Gasteiger partial charge on any atom is -0.443 e. The minimum atomic E-state index is 0.831. The molecule has 2 aromatic heterocycles. The molecule has 3 heteroatoms. The molecule has 2 aromatic carbocycles. The molecule has 76 valence electrons. The summed E-state index contributed by atoms with van der Waals surface area (Å²) in [6.45, 7) is 0. The van der Waals surface area contributed by atoms with Gasteiger partial charge in [-0.05, 0) is 18.2 Å². The van der Waals surface area contributed by atoms with Gasteiger partial charge in [-0.3, -0.25) is 0 Å².